The highest BCUT2D eigenvalue weighted by atomic mass is 35.5. The van der Waals surface area contributed by atoms with E-state index < -0.39 is 0 Å². The fourth-order valence-electron chi connectivity index (χ4n) is 5.91. The van der Waals surface area contributed by atoms with Crippen LogP contribution < -0.4 is 10.2 Å². The monoisotopic (exact) mass is 534 g/mol. The van der Waals surface area contributed by atoms with Gasteiger partial charge in [0.05, 0.1) is 13.2 Å². The molecule has 2 saturated heterocycles. The van der Waals surface area contributed by atoms with Crippen LogP contribution in [0.25, 0.3) is 0 Å². The first kappa shape index (κ1) is 28.6. The van der Waals surface area contributed by atoms with E-state index in [2.05, 4.69) is 70.6 Å². The zero-order chi connectivity index (χ0) is 23.4. The quantitative estimate of drug-likeness (QED) is 0.552. The number of piperazine rings is 1. The van der Waals surface area contributed by atoms with Gasteiger partial charge in [0.25, 0.3) is 0 Å². The summed E-state index contributed by atoms with van der Waals surface area (Å²) < 4.78 is 5.39. The smallest absolute Gasteiger partial charge is 0.321 e. The normalized spacial score (nSPS) is 24.9. The summed E-state index contributed by atoms with van der Waals surface area (Å²) in [6.45, 7) is 9.15. The molecule has 8 heteroatoms. The minimum absolute atomic E-state index is 0. The number of carbonyl (C=O) groups is 1. The maximum absolute atomic E-state index is 12.8. The number of ether oxygens (including phenoxy) is 1. The van der Waals surface area contributed by atoms with Crippen molar-refractivity contribution in [1.29, 1.82) is 0 Å². The molecule has 1 saturated carbocycles. The molecular formula is C28H40Cl2N4O2. The maximum Gasteiger partial charge on any atom is 0.321 e. The van der Waals surface area contributed by atoms with E-state index in [-0.39, 0.29) is 36.4 Å². The molecule has 198 valence electrons. The highest BCUT2D eigenvalue weighted by Gasteiger charge is 2.42. The number of halogens is 2. The summed E-state index contributed by atoms with van der Waals surface area (Å²) in [6.07, 6.45) is 4.87. The van der Waals surface area contributed by atoms with Crippen molar-refractivity contribution >= 4 is 42.2 Å². The molecule has 3 aliphatic rings. The molecule has 6 nitrogen and oxygen atoms in total. The summed E-state index contributed by atoms with van der Waals surface area (Å²) in [4.78, 5) is 19.9. The summed E-state index contributed by atoms with van der Waals surface area (Å²) in [7, 11) is 0. The van der Waals surface area contributed by atoms with Crippen LogP contribution >= 0.6 is 24.8 Å². The summed E-state index contributed by atoms with van der Waals surface area (Å²) >= 11 is 0. The molecule has 0 unspecified atom stereocenters. The lowest BCUT2D eigenvalue weighted by Crippen LogP contribution is -2.56. The maximum atomic E-state index is 12.8. The Morgan fingerprint density at radius 3 is 2.22 bits per heavy atom. The Bertz CT molecular complexity index is 955. The van der Waals surface area contributed by atoms with E-state index in [1.165, 1.54) is 36.9 Å². The molecule has 1 N–H and O–H groups in total. The molecule has 2 heterocycles. The van der Waals surface area contributed by atoms with Gasteiger partial charge in [-0.15, -0.1) is 24.8 Å². The average Bonchev–Trinajstić information content (AvgIpc) is 2.91. The van der Waals surface area contributed by atoms with Crippen LogP contribution in [-0.2, 0) is 10.3 Å². The van der Waals surface area contributed by atoms with Gasteiger partial charge in [-0.1, -0.05) is 37.3 Å². The molecule has 5 rings (SSSR count). The number of morpholine rings is 1. The number of urea groups is 1. The lowest BCUT2D eigenvalue weighted by atomic mass is 9.71. The molecule has 2 amide bonds. The lowest BCUT2D eigenvalue weighted by Gasteiger charge is -2.51. The number of hydrogen-bond acceptors (Lipinski definition) is 4. The first-order valence-corrected chi connectivity index (χ1v) is 12.9. The van der Waals surface area contributed by atoms with Gasteiger partial charge in [-0.3, -0.25) is 4.90 Å². The predicted octanol–water partition coefficient (Wildman–Crippen LogP) is 5.62. The summed E-state index contributed by atoms with van der Waals surface area (Å²) in [5, 5.41) is 3.15. The van der Waals surface area contributed by atoms with Crippen molar-refractivity contribution in [1.82, 2.24) is 9.80 Å². The van der Waals surface area contributed by atoms with Crippen LogP contribution in [0.5, 0.6) is 0 Å². The lowest BCUT2D eigenvalue weighted by molar-refractivity contribution is 0.0299. The Morgan fingerprint density at radius 2 is 1.56 bits per heavy atom. The first-order chi connectivity index (χ1) is 16.6. The number of anilines is 2. The van der Waals surface area contributed by atoms with E-state index in [4.69, 9.17) is 4.74 Å². The molecule has 3 fully saturated rings. The Balaban J connectivity index is 0.00000180. The van der Waals surface area contributed by atoms with E-state index in [9.17, 15) is 4.79 Å². The average molecular weight is 536 g/mol. The molecule has 1 aliphatic carbocycles. The highest BCUT2D eigenvalue weighted by Crippen LogP contribution is 2.45. The second-order valence-electron chi connectivity index (χ2n) is 10.1. The second-order valence-corrected chi connectivity index (χ2v) is 10.1. The summed E-state index contributed by atoms with van der Waals surface area (Å²) in [6, 6.07) is 19.4. The molecule has 0 aromatic heterocycles. The molecule has 0 bridgehead atoms. The molecule has 0 atom stereocenters. The highest BCUT2D eigenvalue weighted by molar-refractivity contribution is 5.89. The van der Waals surface area contributed by atoms with Crippen molar-refractivity contribution in [3.8, 4) is 0 Å². The fraction of sp³-hybridized carbons (Fsp3) is 0.536. The van der Waals surface area contributed by atoms with Crippen molar-refractivity contribution in [3.05, 3.63) is 60.2 Å². The molecular weight excluding hydrogens is 495 g/mol. The van der Waals surface area contributed by atoms with Crippen LogP contribution in [0.15, 0.2) is 54.6 Å². The number of para-hydroxylation sites is 1. The molecule has 2 aliphatic heterocycles. The van der Waals surface area contributed by atoms with Gasteiger partial charge in [-0.25, -0.2) is 4.79 Å². The third-order valence-electron chi connectivity index (χ3n) is 8.06. The zero-order valence-electron chi connectivity index (χ0n) is 21.2. The minimum atomic E-state index is -0.0248. The predicted molar refractivity (Wildman–Crippen MR) is 152 cm³/mol. The van der Waals surface area contributed by atoms with Gasteiger partial charge < -0.3 is 19.9 Å². The second kappa shape index (κ2) is 13.0. The minimum Gasteiger partial charge on any atom is -0.378 e. The number of hydrogen-bond donors (Lipinski definition) is 1. The Morgan fingerprint density at radius 1 is 0.889 bits per heavy atom. The van der Waals surface area contributed by atoms with Crippen LogP contribution in [0.4, 0.5) is 16.2 Å². The van der Waals surface area contributed by atoms with Crippen molar-refractivity contribution in [2.24, 2.45) is 5.92 Å². The van der Waals surface area contributed by atoms with Crippen molar-refractivity contribution < 1.29 is 9.53 Å². The van der Waals surface area contributed by atoms with Crippen LogP contribution in [-0.4, -0.2) is 68.3 Å². The van der Waals surface area contributed by atoms with Crippen LogP contribution in [0, 0.1) is 5.92 Å². The number of benzene rings is 2. The van der Waals surface area contributed by atoms with Gasteiger partial charge >= 0.3 is 6.03 Å². The zero-order valence-corrected chi connectivity index (χ0v) is 22.9. The van der Waals surface area contributed by atoms with E-state index >= 15 is 0 Å². The van der Waals surface area contributed by atoms with Gasteiger partial charge in [-0.05, 0) is 61.4 Å². The van der Waals surface area contributed by atoms with Crippen LogP contribution in [0.1, 0.15) is 38.2 Å². The standard InChI is InChI=1S/C28H38N4O2.2ClH/c1-23-10-12-28(13-11-23,32-16-14-30(15-17-32)26-8-3-2-4-9-26)24-6-5-7-25(22-24)29-27(33)31-18-20-34-21-19-31;;/h2-9,22-23H,10-21H2,1H3,(H,29,33);2*1H. The Hall–Kier alpha value is -1.99. The van der Waals surface area contributed by atoms with Gasteiger partial charge in [0.1, 0.15) is 0 Å². The third kappa shape index (κ3) is 6.28. The Kier molecular flexibility index (Phi) is 10.3. The van der Waals surface area contributed by atoms with Gasteiger partial charge in [0.2, 0.25) is 0 Å². The van der Waals surface area contributed by atoms with Crippen LogP contribution in [0.3, 0.4) is 0 Å². The van der Waals surface area contributed by atoms with Gasteiger partial charge in [0.15, 0.2) is 0 Å². The molecule has 2 aromatic carbocycles. The largest absolute Gasteiger partial charge is 0.378 e. The number of carbonyl (C=O) groups excluding carboxylic acids is 1. The SMILES string of the molecule is CC1CCC(c2cccc(NC(=O)N3CCOCC3)c2)(N2CCN(c3ccccc3)CC2)CC1.Cl.Cl. The van der Waals surface area contributed by atoms with Crippen molar-refractivity contribution in [3.63, 3.8) is 0 Å². The number of rotatable bonds is 4. The van der Waals surface area contributed by atoms with Crippen molar-refractivity contribution in [2.45, 2.75) is 38.1 Å². The van der Waals surface area contributed by atoms with Gasteiger partial charge in [-0.2, -0.15) is 0 Å². The van der Waals surface area contributed by atoms with E-state index in [0.717, 1.165) is 37.8 Å². The van der Waals surface area contributed by atoms with E-state index in [0.29, 0.717) is 26.3 Å². The molecule has 2 aromatic rings. The molecule has 36 heavy (non-hydrogen) atoms. The van der Waals surface area contributed by atoms with Crippen molar-refractivity contribution in [2.75, 3.05) is 62.7 Å². The van der Waals surface area contributed by atoms with Gasteiger partial charge in [0, 0.05) is 56.2 Å². The third-order valence-corrected chi connectivity index (χ3v) is 8.06. The van der Waals surface area contributed by atoms with E-state index in [1.54, 1.807) is 0 Å². The van der Waals surface area contributed by atoms with Crippen LogP contribution in [0.2, 0.25) is 0 Å². The fourth-order valence-corrected chi connectivity index (χ4v) is 5.91. The first-order valence-electron chi connectivity index (χ1n) is 12.9. The summed E-state index contributed by atoms with van der Waals surface area (Å²) in [5.74, 6) is 0.780. The number of amides is 2. The number of nitrogens with one attached hydrogen (secondary N) is 1. The number of nitrogens with zero attached hydrogens (tertiary/aromatic N) is 3. The summed E-state index contributed by atoms with van der Waals surface area (Å²) in [5.41, 5.74) is 3.62. The Labute approximate surface area is 228 Å². The molecule has 0 spiro atoms. The topological polar surface area (TPSA) is 48.1 Å². The van der Waals surface area contributed by atoms with E-state index in [1.807, 2.05) is 11.0 Å². The molecule has 0 radical (unpaired) electrons.